The summed E-state index contributed by atoms with van der Waals surface area (Å²) in [6.07, 6.45) is 4.83. The minimum absolute atomic E-state index is 0.0490. The minimum Gasteiger partial charge on any atom is -0.384 e. The maximum atomic E-state index is 14.2. The fourth-order valence-corrected chi connectivity index (χ4v) is 6.63. The SMILES string of the molecule is Cn1c(CCc2ccc(C(=N)N)cc2)nc2cc(N(Cc3cccnc3)S(=O)(=O)c3ccc4ccccc4c3)ccc21. The molecule has 0 aliphatic heterocycles. The van der Waals surface area contributed by atoms with Gasteiger partial charge in [-0.25, -0.2) is 13.4 Å². The van der Waals surface area contributed by atoms with Crippen LogP contribution in [0.2, 0.25) is 0 Å². The summed E-state index contributed by atoms with van der Waals surface area (Å²) in [5.74, 6) is 0.946. The molecule has 0 bridgehead atoms. The van der Waals surface area contributed by atoms with Gasteiger partial charge >= 0.3 is 0 Å². The van der Waals surface area contributed by atoms with Crippen molar-refractivity contribution in [3.05, 3.63) is 132 Å². The zero-order valence-electron chi connectivity index (χ0n) is 23.1. The van der Waals surface area contributed by atoms with Gasteiger partial charge in [0.1, 0.15) is 11.7 Å². The number of anilines is 1. The molecule has 4 aromatic carbocycles. The molecule has 0 atom stereocenters. The second-order valence-electron chi connectivity index (χ2n) is 10.3. The lowest BCUT2D eigenvalue weighted by atomic mass is 10.1. The summed E-state index contributed by atoms with van der Waals surface area (Å²) in [5.41, 5.74) is 10.3. The Morgan fingerprint density at radius 1 is 0.881 bits per heavy atom. The number of rotatable bonds is 9. The number of benzene rings is 4. The summed E-state index contributed by atoms with van der Waals surface area (Å²) < 4.78 is 31.8. The van der Waals surface area contributed by atoms with Gasteiger partial charge in [0.15, 0.2) is 0 Å². The number of nitrogen functional groups attached to an aromatic ring is 1. The molecule has 0 radical (unpaired) electrons. The van der Waals surface area contributed by atoms with Crippen LogP contribution in [0, 0.1) is 5.41 Å². The number of nitrogens with one attached hydrogen (secondary N) is 1. The van der Waals surface area contributed by atoms with E-state index in [0.717, 1.165) is 45.2 Å². The van der Waals surface area contributed by atoms with Crippen LogP contribution in [-0.4, -0.2) is 28.8 Å². The van der Waals surface area contributed by atoms with Crippen molar-refractivity contribution in [1.82, 2.24) is 14.5 Å². The molecule has 6 rings (SSSR count). The molecule has 0 spiro atoms. The molecule has 8 nitrogen and oxygen atoms in total. The lowest BCUT2D eigenvalue weighted by molar-refractivity contribution is 0.590. The van der Waals surface area contributed by atoms with Crippen LogP contribution in [0.4, 0.5) is 5.69 Å². The second-order valence-corrected chi connectivity index (χ2v) is 12.1. The van der Waals surface area contributed by atoms with E-state index in [1.54, 1.807) is 30.6 Å². The highest BCUT2D eigenvalue weighted by atomic mass is 32.2. The van der Waals surface area contributed by atoms with Crippen LogP contribution in [0.1, 0.15) is 22.5 Å². The molecule has 0 saturated carbocycles. The van der Waals surface area contributed by atoms with E-state index >= 15 is 0 Å². The first-order valence-corrected chi connectivity index (χ1v) is 15.0. The Balaban J connectivity index is 1.35. The Morgan fingerprint density at radius 2 is 1.67 bits per heavy atom. The molecule has 2 heterocycles. The lowest BCUT2D eigenvalue weighted by Crippen LogP contribution is -2.30. The van der Waals surface area contributed by atoms with Gasteiger partial charge < -0.3 is 10.3 Å². The maximum absolute atomic E-state index is 14.2. The second kappa shape index (κ2) is 11.1. The Morgan fingerprint density at radius 3 is 2.40 bits per heavy atom. The minimum atomic E-state index is -3.92. The molecule has 0 unspecified atom stereocenters. The van der Waals surface area contributed by atoms with Gasteiger partial charge in [0.25, 0.3) is 10.0 Å². The van der Waals surface area contributed by atoms with Gasteiger partial charge in [0.05, 0.1) is 28.2 Å². The number of aryl methyl sites for hydroxylation is 3. The molecule has 210 valence electrons. The predicted octanol–water partition coefficient (Wildman–Crippen LogP) is 5.59. The van der Waals surface area contributed by atoms with Gasteiger partial charge in [0, 0.05) is 31.4 Å². The fraction of sp³-hybridized carbons (Fsp3) is 0.121. The smallest absolute Gasteiger partial charge is 0.264 e. The summed E-state index contributed by atoms with van der Waals surface area (Å²) in [6, 6.07) is 29.9. The van der Waals surface area contributed by atoms with Crippen LogP contribution in [-0.2, 0) is 36.5 Å². The third-order valence-electron chi connectivity index (χ3n) is 7.51. The fourth-order valence-electron chi connectivity index (χ4n) is 5.15. The number of imidazole rings is 1. The summed E-state index contributed by atoms with van der Waals surface area (Å²) in [4.78, 5) is 9.32. The number of amidine groups is 1. The highest BCUT2D eigenvalue weighted by Crippen LogP contribution is 2.30. The third-order valence-corrected chi connectivity index (χ3v) is 9.27. The van der Waals surface area contributed by atoms with Crippen LogP contribution < -0.4 is 10.0 Å². The zero-order chi connectivity index (χ0) is 29.3. The third kappa shape index (κ3) is 5.34. The van der Waals surface area contributed by atoms with E-state index in [4.69, 9.17) is 16.1 Å². The van der Waals surface area contributed by atoms with E-state index in [2.05, 4.69) is 4.98 Å². The average molecular weight is 575 g/mol. The van der Waals surface area contributed by atoms with Gasteiger partial charge in [-0.15, -0.1) is 0 Å². The molecule has 0 amide bonds. The molecule has 0 saturated heterocycles. The first kappa shape index (κ1) is 27.2. The molecule has 9 heteroatoms. The van der Waals surface area contributed by atoms with Crippen molar-refractivity contribution in [2.24, 2.45) is 12.8 Å². The average Bonchev–Trinajstić information content (AvgIpc) is 3.33. The van der Waals surface area contributed by atoms with Crippen molar-refractivity contribution in [1.29, 1.82) is 5.41 Å². The number of hydrogen-bond donors (Lipinski definition) is 2. The van der Waals surface area contributed by atoms with Crippen LogP contribution in [0.3, 0.4) is 0 Å². The van der Waals surface area contributed by atoms with Gasteiger partial charge in [-0.1, -0.05) is 60.7 Å². The number of pyridine rings is 1. The summed E-state index contributed by atoms with van der Waals surface area (Å²) >= 11 is 0. The number of fused-ring (bicyclic) bond motifs is 2. The highest BCUT2D eigenvalue weighted by molar-refractivity contribution is 7.92. The van der Waals surface area contributed by atoms with E-state index in [1.165, 1.54) is 4.31 Å². The van der Waals surface area contributed by atoms with Gasteiger partial charge in [0.2, 0.25) is 0 Å². The van der Waals surface area contributed by atoms with Crippen molar-refractivity contribution in [3.63, 3.8) is 0 Å². The summed E-state index contributed by atoms with van der Waals surface area (Å²) in [5, 5.41) is 9.42. The molecule has 0 aliphatic carbocycles. The Labute approximate surface area is 244 Å². The van der Waals surface area contributed by atoms with E-state index in [-0.39, 0.29) is 17.3 Å². The highest BCUT2D eigenvalue weighted by Gasteiger charge is 2.26. The lowest BCUT2D eigenvalue weighted by Gasteiger charge is -2.25. The first-order chi connectivity index (χ1) is 20.3. The van der Waals surface area contributed by atoms with Crippen LogP contribution >= 0.6 is 0 Å². The van der Waals surface area contributed by atoms with Gasteiger partial charge in [-0.2, -0.15) is 0 Å². The molecule has 0 fully saturated rings. The molecular formula is C33H30N6O2S. The Kier molecular flexibility index (Phi) is 7.18. The standard InChI is InChI=1S/C33H30N6O2S/c1-38-31-16-14-28(20-30(31)37-32(38)17-10-23-8-11-26(12-9-23)33(34)35)39(22-24-5-4-18-36-21-24)42(40,41)29-15-13-25-6-2-3-7-27(25)19-29/h2-9,11-16,18-21H,10,17,22H2,1H3,(H3,34,35). The molecule has 0 aliphatic rings. The van der Waals surface area contributed by atoms with Crippen molar-refractivity contribution in [2.45, 2.75) is 24.3 Å². The van der Waals surface area contributed by atoms with Crippen molar-refractivity contribution in [3.8, 4) is 0 Å². The van der Waals surface area contributed by atoms with E-state index in [9.17, 15) is 8.42 Å². The zero-order valence-corrected chi connectivity index (χ0v) is 23.9. The normalized spacial score (nSPS) is 11.6. The van der Waals surface area contributed by atoms with Crippen molar-refractivity contribution in [2.75, 3.05) is 4.31 Å². The number of aromatic nitrogens is 3. The predicted molar refractivity (Wildman–Crippen MR) is 167 cm³/mol. The van der Waals surface area contributed by atoms with Gasteiger partial charge in [-0.3, -0.25) is 14.7 Å². The van der Waals surface area contributed by atoms with Crippen LogP contribution in [0.5, 0.6) is 0 Å². The summed E-state index contributed by atoms with van der Waals surface area (Å²) in [6.45, 7) is 0.129. The molecule has 2 aromatic heterocycles. The van der Waals surface area contributed by atoms with Crippen LogP contribution in [0.25, 0.3) is 21.8 Å². The number of nitrogens with two attached hydrogens (primary N) is 1. The Hall–Kier alpha value is -5.02. The monoisotopic (exact) mass is 574 g/mol. The maximum Gasteiger partial charge on any atom is 0.264 e. The molecular weight excluding hydrogens is 544 g/mol. The topological polar surface area (TPSA) is 118 Å². The molecule has 6 aromatic rings. The van der Waals surface area contributed by atoms with Crippen molar-refractivity contribution >= 4 is 43.4 Å². The largest absolute Gasteiger partial charge is 0.384 e. The van der Waals surface area contributed by atoms with E-state index < -0.39 is 10.0 Å². The molecule has 3 N–H and O–H groups in total. The van der Waals surface area contributed by atoms with Crippen molar-refractivity contribution < 1.29 is 8.42 Å². The number of sulfonamides is 1. The van der Waals surface area contributed by atoms with Gasteiger partial charge in [-0.05, 0) is 64.7 Å². The number of nitrogens with zero attached hydrogens (tertiary/aromatic N) is 4. The number of hydrogen-bond acceptors (Lipinski definition) is 5. The van der Waals surface area contributed by atoms with E-state index in [1.807, 2.05) is 90.5 Å². The first-order valence-electron chi connectivity index (χ1n) is 13.6. The Bertz CT molecular complexity index is 2020. The molecule has 42 heavy (non-hydrogen) atoms. The quantitative estimate of drug-likeness (QED) is 0.173. The summed E-state index contributed by atoms with van der Waals surface area (Å²) in [7, 11) is -1.95. The van der Waals surface area contributed by atoms with E-state index in [0.29, 0.717) is 17.7 Å². The van der Waals surface area contributed by atoms with Crippen LogP contribution in [0.15, 0.2) is 114 Å².